The molecule has 0 saturated heterocycles. The average molecular weight is 477 g/mol. The van der Waals surface area contributed by atoms with Gasteiger partial charge in [-0.2, -0.15) is 0 Å². The van der Waals surface area contributed by atoms with Crippen molar-refractivity contribution in [3.8, 4) is 11.4 Å². The molecule has 0 spiro atoms. The van der Waals surface area contributed by atoms with Gasteiger partial charge in [0.1, 0.15) is 18.2 Å². The third kappa shape index (κ3) is 4.77. The van der Waals surface area contributed by atoms with E-state index < -0.39 is 11.7 Å². The molecule has 0 bridgehead atoms. The summed E-state index contributed by atoms with van der Waals surface area (Å²) in [5.41, 5.74) is 1.82. The van der Waals surface area contributed by atoms with E-state index in [-0.39, 0.29) is 36.9 Å². The van der Waals surface area contributed by atoms with Gasteiger partial charge in [-0.25, -0.2) is 4.39 Å². The Morgan fingerprint density at radius 2 is 1.91 bits per heavy atom. The number of benzene rings is 2. The fourth-order valence-corrected chi connectivity index (χ4v) is 4.48. The molecule has 0 fully saturated rings. The van der Waals surface area contributed by atoms with Gasteiger partial charge in [-0.3, -0.25) is 14.4 Å². The lowest BCUT2D eigenvalue weighted by molar-refractivity contribution is -0.124. The van der Waals surface area contributed by atoms with Crippen molar-refractivity contribution in [2.45, 2.75) is 45.1 Å². The van der Waals surface area contributed by atoms with E-state index >= 15 is 0 Å². The number of fused-ring (bicyclic) bond motifs is 2. The number of rotatable bonds is 5. The summed E-state index contributed by atoms with van der Waals surface area (Å²) in [6.07, 6.45) is 3.81. The predicted molar refractivity (Wildman–Crippen MR) is 128 cm³/mol. The van der Waals surface area contributed by atoms with Gasteiger partial charge in [-0.1, -0.05) is 18.6 Å². The van der Waals surface area contributed by atoms with E-state index in [9.17, 15) is 18.8 Å². The number of nitrogens with zero attached hydrogens (tertiary/aromatic N) is 4. The lowest BCUT2D eigenvalue weighted by Gasteiger charge is -2.29. The monoisotopic (exact) mass is 476 g/mol. The largest absolute Gasteiger partial charge is 0.324 e. The summed E-state index contributed by atoms with van der Waals surface area (Å²) >= 11 is 0. The molecule has 0 atom stereocenters. The zero-order valence-corrected chi connectivity index (χ0v) is 19.1. The summed E-state index contributed by atoms with van der Waals surface area (Å²) in [6.45, 7) is 0.688. The Morgan fingerprint density at radius 1 is 1.06 bits per heavy atom. The number of aryl methyl sites for hydroxylation is 1. The molecule has 2 aromatic carbocycles. The maximum absolute atomic E-state index is 14.5. The van der Waals surface area contributed by atoms with Crippen LogP contribution in [0.2, 0.25) is 0 Å². The van der Waals surface area contributed by atoms with E-state index in [1.807, 2.05) is 0 Å². The molecule has 2 aliphatic heterocycles. The maximum atomic E-state index is 14.5. The second kappa shape index (κ2) is 9.65. The van der Waals surface area contributed by atoms with Gasteiger partial charge in [-0.15, -0.1) is 10.2 Å². The van der Waals surface area contributed by atoms with E-state index in [0.29, 0.717) is 22.8 Å². The van der Waals surface area contributed by atoms with Gasteiger partial charge in [0.15, 0.2) is 5.82 Å². The topological polar surface area (TPSA) is 109 Å². The smallest absolute Gasteiger partial charge is 0.244 e. The first-order valence-corrected chi connectivity index (χ1v) is 11.7. The van der Waals surface area contributed by atoms with Crippen molar-refractivity contribution in [3.05, 3.63) is 54.1 Å². The van der Waals surface area contributed by atoms with Crippen LogP contribution in [-0.4, -0.2) is 39.0 Å². The number of hydrogen-bond acceptors (Lipinski definition) is 5. The van der Waals surface area contributed by atoms with Crippen LogP contribution in [0.5, 0.6) is 0 Å². The van der Waals surface area contributed by atoms with Crippen LogP contribution in [0.4, 0.5) is 21.5 Å². The lowest BCUT2D eigenvalue weighted by atomic mass is 10.1. The zero-order chi connectivity index (χ0) is 24.4. The molecule has 1 aromatic heterocycles. The van der Waals surface area contributed by atoms with Gasteiger partial charge in [-0.05, 0) is 43.2 Å². The van der Waals surface area contributed by atoms with Crippen LogP contribution in [0.15, 0.2) is 42.5 Å². The maximum Gasteiger partial charge on any atom is 0.244 e. The molecular formula is C25H25FN6O3. The highest BCUT2D eigenvalue weighted by Gasteiger charge is 2.27. The molecule has 2 N–H and O–H groups in total. The average Bonchev–Trinajstić information content (AvgIpc) is 3.11. The third-order valence-electron chi connectivity index (χ3n) is 6.25. The quantitative estimate of drug-likeness (QED) is 0.586. The van der Waals surface area contributed by atoms with Crippen LogP contribution in [0.25, 0.3) is 11.4 Å². The molecular weight excluding hydrogens is 451 g/mol. The first-order chi connectivity index (χ1) is 17.0. The molecule has 0 unspecified atom stereocenters. The van der Waals surface area contributed by atoms with Crippen LogP contribution < -0.4 is 15.5 Å². The Labute approximate surface area is 201 Å². The number of carbonyl (C=O) groups excluding carboxylic acids is 3. The number of halogens is 1. The fourth-order valence-electron chi connectivity index (χ4n) is 4.48. The summed E-state index contributed by atoms with van der Waals surface area (Å²) < 4.78 is 16.5. The number of anilines is 3. The van der Waals surface area contributed by atoms with Crippen LogP contribution >= 0.6 is 0 Å². The second-order valence-electron chi connectivity index (χ2n) is 8.69. The minimum Gasteiger partial charge on any atom is -0.324 e. The summed E-state index contributed by atoms with van der Waals surface area (Å²) in [5.74, 6) is -0.169. The normalized spacial score (nSPS) is 15.0. The van der Waals surface area contributed by atoms with Gasteiger partial charge >= 0.3 is 0 Å². The Bertz CT molecular complexity index is 1300. The van der Waals surface area contributed by atoms with E-state index in [2.05, 4.69) is 25.4 Å². The first kappa shape index (κ1) is 22.7. The van der Waals surface area contributed by atoms with E-state index in [1.54, 1.807) is 36.4 Å². The fraction of sp³-hybridized carbons (Fsp3) is 0.320. The molecule has 0 aliphatic carbocycles. The summed E-state index contributed by atoms with van der Waals surface area (Å²) in [7, 11) is 0. The summed E-state index contributed by atoms with van der Waals surface area (Å²) in [5, 5.41) is 13.9. The summed E-state index contributed by atoms with van der Waals surface area (Å²) in [6, 6.07) is 11.4. The van der Waals surface area contributed by atoms with Crippen LogP contribution in [-0.2, 0) is 27.3 Å². The molecule has 35 heavy (non-hydrogen) atoms. The first-order valence-electron chi connectivity index (χ1n) is 11.7. The molecule has 9 nitrogen and oxygen atoms in total. The molecule has 0 saturated carbocycles. The SMILES string of the molecule is O=C(CCC(=O)N1CC(=O)Nc2ccccc21)Nc1cc(-c2nnc3n2CCCCC3)ccc1F. The highest BCUT2D eigenvalue weighted by Crippen LogP contribution is 2.30. The van der Waals surface area contributed by atoms with Crippen molar-refractivity contribution in [2.24, 2.45) is 0 Å². The number of nitrogens with one attached hydrogen (secondary N) is 2. The zero-order valence-electron chi connectivity index (χ0n) is 19.1. The van der Waals surface area contributed by atoms with Crippen LogP contribution in [0.1, 0.15) is 37.9 Å². The summed E-state index contributed by atoms with van der Waals surface area (Å²) in [4.78, 5) is 38.7. The van der Waals surface area contributed by atoms with Crippen molar-refractivity contribution < 1.29 is 18.8 Å². The number of aromatic nitrogens is 3. The molecule has 2 aliphatic rings. The minimum absolute atomic E-state index is 0.0219. The molecule has 180 valence electrons. The Hall–Kier alpha value is -4.08. The van der Waals surface area contributed by atoms with Gasteiger partial charge in [0.05, 0.1) is 17.1 Å². The lowest BCUT2D eigenvalue weighted by Crippen LogP contribution is -2.42. The van der Waals surface area contributed by atoms with Gasteiger partial charge in [0, 0.05) is 31.4 Å². The number of amides is 3. The highest BCUT2D eigenvalue weighted by molar-refractivity contribution is 6.10. The Balaban J connectivity index is 1.26. The molecule has 3 heterocycles. The van der Waals surface area contributed by atoms with Crippen molar-refractivity contribution in [1.82, 2.24) is 14.8 Å². The molecule has 10 heteroatoms. The third-order valence-corrected chi connectivity index (χ3v) is 6.25. The van der Waals surface area contributed by atoms with E-state index in [0.717, 1.165) is 38.1 Å². The van der Waals surface area contributed by atoms with Gasteiger partial charge in [0.2, 0.25) is 17.7 Å². The number of carbonyl (C=O) groups is 3. The Morgan fingerprint density at radius 3 is 2.80 bits per heavy atom. The predicted octanol–water partition coefficient (Wildman–Crippen LogP) is 3.51. The van der Waals surface area contributed by atoms with E-state index in [4.69, 9.17) is 0 Å². The van der Waals surface area contributed by atoms with Crippen molar-refractivity contribution in [3.63, 3.8) is 0 Å². The second-order valence-corrected chi connectivity index (χ2v) is 8.69. The number of hydrogen-bond donors (Lipinski definition) is 2. The van der Waals surface area contributed by atoms with Gasteiger partial charge in [0.25, 0.3) is 0 Å². The van der Waals surface area contributed by atoms with Crippen LogP contribution in [0, 0.1) is 5.82 Å². The van der Waals surface area contributed by atoms with E-state index in [1.165, 1.54) is 11.0 Å². The van der Waals surface area contributed by atoms with Gasteiger partial charge < -0.3 is 20.1 Å². The molecule has 0 radical (unpaired) electrons. The Kier molecular flexibility index (Phi) is 6.26. The van der Waals surface area contributed by atoms with Crippen molar-refractivity contribution in [2.75, 3.05) is 22.1 Å². The van der Waals surface area contributed by atoms with Crippen LogP contribution in [0.3, 0.4) is 0 Å². The van der Waals surface area contributed by atoms with Crippen molar-refractivity contribution >= 4 is 34.8 Å². The highest BCUT2D eigenvalue weighted by atomic mass is 19.1. The molecule has 3 amide bonds. The van der Waals surface area contributed by atoms with Crippen molar-refractivity contribution in [1.29, 1.82) is 0 Å². The molecule has 5 rings (SSSR count). The minimum atomic E-state index is -0.578. The molecule has 3 aromatic rings. The number of para-hydroxylation sites is 2. The standard InChI is InChI=1S/C25H25FN6O3/c26-17-10-9-16(25-30-29-21-8-2-1-5-13-31(21)25)14-19(17)28-22(33)11-12-24(35)32-15-23(34)27-18-6-3-4-7-20(18)32/h3-4,6-7,9-10,14H,1-2,5,8,11-13,15H2,(H,27,34)(H,28,33).